The van der Waals surface area contributed by atoms with Crippen LogP contribution in [0.1, 0.15) is 6.92 Å². The molecule has 0 bridgehead atoms. The summed E-state index contributed by atoms with van der Waals surface area (Å²) in [6.07, 6.45) is 0. The number of thioether (sulfide) groups is 1. The minimum absolute atomic E-state index is 0.0438. The maximum atomic E-state index is 10.8. The van der Waals surface area contributed by atoms with E-state index in [2.05, 4.69) is 0 Å². The van der Waals surface area contributed by atoms with Gasteiger partial charge in [-0.1, -0.05) is 0 Å². The summed E-state index contributed by atoms with van der Waals surface area (Å²) in [5.41, 5.74) is -0.922. The average molecular weight is 271 g/mol. The van der Waals surface area contributed by atoms with Gasteiger partial charge < -0.3 is 9.90 Å². The quantitative estimate of drug-likeness (QED) is 0.438. The highest BCUT2D eigenvalue weighted by Gasteiger charge is 2.21. The maximum Gasteiger partial charge on any atom is 0.289 e. The van der Waals surface area contributed by atoms with Gasteiger partial charge in [0, 0.05) is 11.3 Å². The monoisotopic (exact) mass is 271 g/mol. The third kappa shape index (κ3) is 3.17. The number of rotatable bonds is 5. The summed E-state index contributed by atoms with van der Waals surface area (Å²) in [5, 5.41) is 30.8. The number of carboxylic acids is 1. The number of aliphatic carboxylic acids is 1. The van der Waals surface area contributed by atoms with Gasteiger partial charge in [0.05, 0.1) is 26.8 Å². The normalized spacial score (nSPS) is 11.8. The van der Waals surface area contributed by atoms with E-state index in [4.69, 9.17) is 0 Å². The highest BCUT2D eigenvalue weighted by molar-refractivity contribution is 8.00. The molecular weight excluding hydrogens is 264 g/mol. The number of carbonyl (C=O) groups excluding carboxylic acids is 1. The third-order valence-electron chi connectivity index (χ3n) is 1.99. The molecule has 0 saturated carbocycles. The second-order valence-electron chi connectivity index (χ2n) is 3.25. The van der Waals surface area contributed by atoms with Crippen LogP contribution in [0.2, 0.25) is 0 Å². The van der Waals surface area contributed by atoms with Crippen LogP contribution in [0.5, 0.6) is 0 Å². The van der Waals surface area contributed by atoms with Crippen molar-refractivity contribution in [2.45, 2.75) is 17.1 Å². The smallest absolute Gasteiger partial charge is 0.289 e. The van der Waals surface area contributed by atoms with Crippen molar-refractivity contribution in [1.82, 2.24) is 0 Å². The molecule has 18 heavy (non-hydrogen) atoms. The van der Waals surface area contributed by atoms with Crippen LogP contribution in [-0.4, -0.2) is 21.1 Å². The lowest BCUT2D eigenvalue weighted by Crippen LogP contribution is -2.31. The van der Waals surface area contributed by atoms with Crippen LogP contribution in [0.3, 0.4) is 0 Å². The molecule has 1 aromatic carbocycles. The Morgan fingerprint density at radius 1 is 1.28 bits per heavy atom. The molecule has 1 rings (SSSR count). The molecule has 1 aromatic rings. The minimum Gasteiger partial charge on any atom is -0.549 e. The van der Waals surface area contributed by atoms with Crippen LogP contribution in [-0.2, 0) is 4.79 Å². The maximum absolute atomic E-state index is 10.8. The van der Waals surface area contributed by atoms with Crippen molar-refractivity contribution in [3.05, 3.63) is 38.4 Å². The molecule has 96 valence electrons. The predicted molar refractivity (Wildman–Crippen MR) is 60.1 cm³/mol. The Bertz CT molecular complexity index is 518. The molecular formula is C9H7N2O6S-. The number of non-ortho nitro benzene ring substituents is 1. The fourth-order valence-corrected chi connectivity index (χ4v) is 1.98. The third-order valence-corrected chi connectivity index (χ3v) is 3.13. The molecule has 0 radical (unpaired) electrons. The van der Waals surface area contributed by atoms with Crippen molar-refractivity contribution in [2.75, 3.05) is 0 Å². The van der Waals surface area contributed by atoms with Gasteiger partial charge in [-0.3, -0.25) is 20.2 Å². The van der Waals surface area contributed by atoms with Gasteiger partial charge in [0.1, 0.15) is 0 Å². The van der Waals surface area contributed by atoms with Crippen LogP contribution >= 0.6 is 11.8 Å². The summed E-state index contributed by atoms with van der Waals surface area (Å²) in [4.78, 5) is 30.3. The van der Waals surface area contributed by atoms with Crippen LogP contribution in [0.4, 0.5) is 11.4 Å². The molecule has 0 aliphatic carbocycles. The highest BCUT2D eigenvalue weighted by Crippen LogP contribution is 2.34. The van der Waals surface area contributed by atoms with E-state index in [1.807, 2.05) is 0 Å². The average Bonchev–Trinajstić information content (AvgIpc) is 2.28. The van der Waals surface area contributed by atoms with Gasteiger partial charge in [-0.2, -0.15) is 0 Å². The molecule has 0 aliphatic heterocycles. The van der Waals surface area contributed by atoms with E-state index in [0.29, 0.717) is 11.8 Å². The van der Waals surface area contributed by atoms with Crippen LogP contribution in [0.25, 0.3) is 0 Å². The van der Waals surface area contributed by atoms with Crippen LogP contribution < -0.4 is 5.11 Å². The molecule has 1 atom stereocenters. The molecule has 0 fully saturated rings. The Morgan fingerprint density at radius 3 is 2.33 bits per heavy atom. The number of hydrogen-bond donors (Lipinski definition) is 0. The van der Waals surface area contributed by atoms with Crippen molar-refractivity contribution in [3.63, 3.8) is 0 Å². The Balaban J connectivity index is 3.16. The van der Waals surface area contributed by atoms with Gasteiger partial charge >= 0.3 is 0 Å². The second kappa shape index (κ2) is 5.45. The molecule has 0 N–H and O–H groups in total. The molecule has 0 aromatic heterocycles. The summed E-state index contributed by atoms with van der Waals surface area (Å²) >= 11 is 0.701. The van der Waals surface area contributed by atoms with Gasteiger partial charge in [0.25, 0.3) is 11.4 Å². The van der Waals surface area contributed by atoms with Crippen LogP contribution in [0.15, 0.2) is 23.1 Å². The standard InChI is InChI=1S/C9H8N2O6S/c1-5(9(12)13)18-8-3-2-6(10(14)15)4-7(8)11(16)17/h2-5H,1H3,(H,12,13)/p-1/t5-/m1/s1. The summed E-state index contributed by atoms with van der Waals surface area (Å²) < 4.78 is 0. The number of hydrogen-bond acceptors (Lipinski definition) is 7. The zero-order valence-corrected chi connectivity index (χ0v) is 9.88. The van der Waals surface area contributed by atoms with Crippen molar-refractivity contribution in [2.24, 2.45) is 0 Å². The molecule has 0 saturated heterocycles. The molecule has 9 heteroatoms. The van der Waals surface area contributed by atoms with E-state index in [1.165, 1.54) is 6.92 Å². The first kappa shape index (κ1) is 13.9. The van der Waals surface area contributed by atoms with Crippen molar-refractivity contribution in [3.8, 4) is 0 Å². The summed E-state index contributed by atoms with van der Waals surface area (Å²) in [6, 6.07) is 3.03. The van der Waals surface area contributed by atoms with Gasteiger partial charge in [0.2, 0.25) is 0 Å². The largest absolute Gasteiger partial charge is 0.549 e. The van der Waals surface area contributed by atoms with E-state index in [9.17, 15) is 30.1 Å². The second-order valence-corrected chi connectivity index (χ2v) is 4.63. The van der Waals surface area contributed by atoms with E-state index < -0.39 is 32.4 Å². The lowest BCUT2D eigenvalue weighted by Gasteiger charge is -2.11. The number of benzene rings is 1. The predicted octanol–water partition coefficient (Wildman–Crippen LogP) is 0.733. The van der Waals surface area contributed by atoms with Crippen LogP contribution in [0, 0.1) is 20.2 Å². The Morgan fingerprint density at radius 2 is 1.89 bits per heavy atom. The van der Waals surface area contributed by atoms with E-state index in [1.54, 1.807) is 0 Å². The van der Waals surface area contributed by atoms with Gasteiger partial charge in [-0.15, -0.1) is 11.8 Å². The fourth-order valence-electron chi connectivity index (χ4n) is 1.10. The van der Waals surface area contributed by atoms with E-state index in [-0.39, 0.29) is 4.90 Å². The van der Waals surface area contributed by atoms with E-state index in [0.717, 1.165) is 18.2 Å². The van der Waals surface area contributed by atoms with Crippen molar-refractivity contribution in [1.29, 1.82) is 0 Å². The number of carboxylic acid groups (broad SMARTS) is 1. The highest BCUT2D eigenvalue weighted by atomic mass is 32.2. The number of nitrogens with zero attached hydrogens (tertiary/aromatic N) is 2. The molecule has 0 unspecified atom stereocenters. The Hall–Kier alpha value is -2.16. The van der Waals surface area contributed by atoms with E-state index >= 15 is 0 Å². The SMILES string of the molecule is C[C@@H](Sc1ccc([N+](=O)[O-])cc1[N+](=O)[O-])C(=O)[O-]. The summed E-state index contributed by atoms with van der Waals surface area (Å²) in [5.74, 6) is -1.37. The molecule has 0 aliphatic rings. The minimum atomic E-state index is -1.37. The Labute approximate surface area is 105 Å². The van der Waals surface area contributed by atoms with Gasteiger partial charge in [0.15, 0.2) is 0 Å². The van der Waals surface area contributed by atoms with Gasteiger partial charge in [-0.05, 0) is 13.0 Å². The van der Waals surface area contributed by atoms with Crippen molar-refractivity contribution < 1.29 is 19.7 Å². The van der Waals surface area contributed by atoms with Gasteiger partial charge in [-0.25, -0.2) is 0 Å². The Kier molecular flexibility index (Phi) is 4.21. The fraction of sp³-hybridized carbons (Fsp3) is 0.222. The summed E-state index contributed by atoms with van der Waals surface area (Å²) in [7, 11) is 0. The summed E-state index contributed by atoms with van der Waals surface area (Å²) in [6.45, 7) is 1.31. The number of carbonyl (C=O) groups is 1. The first-order valence-electron chi connectivity index (χ1n) is 4.63. The molecule has 0 amide bonds. The lowest BCUT2D eigenvalue weighted by molar-refractivity contribution is -0.396. The molecule has 0 heterocycles. The lowest BCUT2D eigenvalue weighted by atomic mass is 10.3. The molecule has 8 nitrogen and oxygen atoms in total. The first-order chi connectivity index (χ1) is 8.32. The zero-order valence-electron chi connectivity index (χ0n) is 9.06. The first-order valence-corrected chi connectivity index (χ1v) is 5.51. The molecule has 0 spiro atoms. The number of nitro groups is 2. The topological polar surface area (TPSA) is 126 Å². The zero-order chi connectivity index (χ0) is 13.9. The number of nitro benzene ring substituents is 2. The van der Waals surface area contributed by atoms with Crippen molar-refractivity contribution >= 4 is 29.1 Å².